The molecule has 0 radical (unpaired) electrons. The zero-order valence-electron chi connectivity index (χ0n) is 14.4. The number of fused-ring (bicyclic) bond motifs is 1. The van der Waals surface area contributed by atoms with Gasteiger partial charge in [-0.05, 0) is 50.2 Å². The van der Waals surface area contributed by atoms with Gasteiger partial charge in [0.2, 0.25) is 0 Å². The monoisotopic (exact) mass is 340 g/mol. The summed E-state index contributed by atoms with van der Waals surface area (Å²) in [5, 5.41) is 2.84. The van der Waals surface area contributed by atoms with Crippen LogP contribution in [-0.2, 0) is 4.79 Å². The fourth-order valence-electron chi connectivity index (χ4n) is 2.57. The van der Waals surface area contributed by atoms with Gasteiger partial charge in [0.15, 0.2) is 12.4 Å². The largest absolute Gasteiger partial charge is 0.491 e. The van der Waals surface area contributed by atoms with Crippen LogP contribution >= 0.6 is 0 Å². The van der Waals surface area contributed by atoms with Crippen LogP contribution in [0.1, 0.15) is 24.2 Å². The fraction of sp³-hybridized carbons (Fsp3) is 0.263. The van der Waals surface area contributed by atoms with Crippen LogP contribution in [-0.4, -0.2) is 31.6 Å². The molecular formula is C19H20N2O4. The van der Waals surface area contributed by atoms with Gasteiger partial charge < -0.3 is 19.7 Å². The van der Waals surface area contributed by atoms with Gasteiger partial charge in [0.1, 0.15) is 5.75 Å². The van der Waals surface area contributed by atoms with Gasteiger partial charge in [0.25, 0.3) is 11.8 Å². The number of nitrogens with one attached hydrogen (secondary N) is 1. The van der Waals surface area contributed by atoms with Crippen molar-refractivity contribution in [1.29, 1.82) is 0 Å². The van der Waals surface area contributed by atoms with Crippen molar-refractivity contribution in [2.75, 3.05) is 23.9 Å². The Morgan fingerprint density at radius 2 is 1.92 bits per heavy atom. The molecule has 25 heavy (non-hydrogen) atoms. The second-order valence-electron chi connectivity index (χ2n) is 6.04. The summed E-state index contributed by atoms with van der Waals surface area (Å²) in [5.41, 5.74) is 1.63. The second kappa shape index (κ2) is 6.84. The van der Waals surface area contributed by atoms with Gasteiger partial charge in [-0.15, -0.1) is 0 Å². The van der Waals surface area contributed by atoms with E-state index in [1.807, 2.05) is 13.8 Å². The Bertz CT molecular complexity index is 800. The summed E-state index contributed by atoms with van der Waals surface area (Å²) in [6.07, 6.45) is 0.0909. The molecule has 6 nitrogen and oxygen atoms in total. The molecule has 0 spiro atoms. The molecule has 0 aliphatic carbocycles. The second-order valence-corrected chi connectivity index (χ2v) is 6.04. The average molecular weight is 340 g/mol. The minimum absolute atomic E-state index is 0.0744. The Balaban J connectivity index is 1.79. The Morgan fingerprint density at radius 3 is 2.60 bits per heavy atom. The lowest BCUT2D eigenvalue weighted by molar-refractivity contribution is -0.121. The topological polar surface area (TPSA) is 67.9 Å². The third-order valence-corrected chi connectivity index (χ3v) is 3.80. The SMILES string of the molecule is CC(C)Oc1ccc(NC(=O)c2cccc3c2OCC(=O)N3C)cc1. The fourth-order valence-corrected chi connectivity index (χ4v) is 2.57. The molecule has 0 unspecified atom stereocenters. The Kier molecular flexibility index (Phi) is 4.61. The zero-order chi connectivity index (χ0) is 18.0. The maximum Gasteiger partial charge on any atom is 0.264 e. The van der Waals surface area contributed by atoms with E-state index in [-0.39, 0.29) is 24.5 Å². The van der Waals surface area contributed by atoms with Gasteiger partial charge in [0.05, 0.1) is 17.4 Å². The standard InChI is InChI=1S/C19H20N2O4/c1-12(2)25-14-9-7-13(8-10-14)20-19(23)15-5-4-6-16-18(15)24-11-17(22)21(16)3/h4-10,12H,11H2,1-3H3,(H,20,23). The minimum atomic E-state index is -0.294. The predicted molar refractivity (Wildman–Crippen MR) is 95.5 cm³/mol. The van der Waals surface area contributed by atoms with Crippen LogP contribution in [0.25, 0.3) is 0 Å². The van der Waals surface area contributed by atoms with Gasteiger partial charge in [-0.25, -0.2) is 0 Å². The number of ether oxygens (including phenoxy) is 2. The van der Waals surface area contributed by atoms with E-state index in [1.54, 1.807) is 49.5 Å². The summed E-state index contributed by atoms with van der Waals surface area (Å²) in [6, 6.07) is 12.3. The van der Waals surface area contributed by atoms with Crippen LogP contribution < -0.4 is 19.7 Å². The highest BCUT2D eigenvalue weighted by Crippen LogP contribution is 2.35. The summed E-state index contributed by atoms with van der Waals surface area (Å²) in [4.78, 5) is 25.8. The molecule has 1 aliphatic heterocycles. The highest BCUT2D eigenvalue weighted by molar-refractivity contribution is 6.09. The van der Waals surface area contributed by atoms with Crippen molar-refractivity contribution in [2.45, 2.75) is 20.0 Å². The summed E-state index contributed by atoms with van der Waals surface area (Å²) in [5.74, 6) is 0.721. The van der Waals surface area contributed by atoms with E-state index in [4.69, 9.17) is 9.47 Å². The predicted octanol–water partition coefficient (Wildman–Crippen LogP) is 3.08. The van der Waals surface area contributed by atoms with Crippen LogP contribution in [0.4, 0.5) is 11.4 Å². The lowest BCUT2D eigenvalue weighted by Crippen LogP contribution is -2.36. The van der Waals surface area contributed by atoms with E-state index >= 15 is 0 Å². The summed E-state index contributed by atoms with van der Waals surface area (Å²) in [7, 11) is 1.67. The Hall–Kier alpha value is -3.02. The molecule has 0 aromatic heterocycles. The van der Waals surface area contributed by atoms with Crippen molar-refractivity contribution in [3.63, 3.8) is 0 Å². The molecule has 1 aliphatic rings. The number of likely N-dealkylation sites (N-methyl/N-ethyl adjacent to an activating group) is 1. The maximum absolute atomic E-state index is 12.6. The van der Waals surface area contributed by atoms with E-state index in [0.717, 1.165) is 5.75 Å². The van der Waals surface area contributed by atoms with E-state index in [2.05, 4.69) is 5.32 Å². The number of benzene rings is 2. The first-order valence-corrected chi connectivity index (χ1v) is 8.06. The first-order valence-electron chi connectivity index (χ1n) is 8.06. The zero-order valence-corrected chi connectivity index (χ0v) is 14.4. The summed E-state index contributed by atoms with van der Waals surface area (Å²) < 4.78 is 11.1. The van der Waals surface area contributed by atoms with Gasteiger partial charge in [0, 0.05) is 12.7 Å². The summed E-state index contributed by atoms with van der Waals surface area (Å²) >= 11 is 0. The number of amides is 2. The highest BCUT2D eigenvalue weighted by Gasteiger charge is 2.26. The molecule has 130 valence electrons. The van der Waals surface area contributed by atoms with Crippen LogP contribution in [0.15, 0.2) is 42.5 Å². The molecule has 3 rings (SSSR count). The lowest BCUT2D eigenvalue weighted by atomic mass is 10.1. The molecule has 2 aromatic carbocycles. The van der Waals surface area contributed by atoms with Crippen LogP contribution in [0.5, 0.6) is 11.5 Å². The van der Waals surface area contributed by atoms with Crippen molar-refractivity contribution in [1.82, 2.24) is 0 Å². The van der Waals surface area contributed by atoms with Crippen molar-refractivity contribution in [3.8, 4) is 11.5 Å². The number of para-hydroxylation sites is 1. The quantitative estimate of drug-likeness (QED) is 0.929. The molecule has 6 heteroatoms. The number of nitrogens with zero attached hydrogens (tertiary/aromatic N) is 1. The average Bonchev–Trinajstić information content (AvgIpc) is 2.59. The van der Waals surface area contributed by atoms with E-state index in [1.165, 1.54) is 4.90 Å². The molecule has 2 amide bonds. The Morgan fingerprint density at radius 1 is 1.20 bits per heavy atom. The van der Waals surface area contributed by atoms with E-state index in [9.17, 15) is 9.59 Å². The van der Waals surface area contributed by atoms with Gasteiger partial charge in [-0.2, -0.15) is 0 Å². The molecule has 1 N–H and O–H groups in total. The number of hydrogen-bond donors (Lipinski definition) is 1. The normalized spacial score (nSPS) is 13.3. The molecule has 0 fully saturated rings. The molecule has 0 saturated heterocycles. The maximum atomic E-state index is 12.6. The van der Waals surface area contributed by atoms with Crippen molar-refractivity contribution in [3.05, 3.63) is 48.0 Å². The molecule has 0 saturated carbocycles. The van der Waals surface area contributed by atoms with E-state index < -0.39 is 0 Å². The molecule has 1 heterocycles. The number of rotatable bonds is 4. The van der Waals surface area contributed by atoms with E-state index in [0.29, 0.717) is 22.7 Å². The summed E-state index contributed by atoms with van der Waals surface area (Å²) in [6.45, 7) is 3.83. The van der Waals surface area contributed by atoms with Crippen LogP contribution in [0, 0.1) is 0 Å². The third-order valence-electron chi connectivity index (χ3n) is 3.80. The smallest absolute Gasteiger partial charge is 0.264 e. The van der Waals surface area contributed by atoms with Crippen LogP contribution in [0.3, 0.4) is 0 Å². The van der Waals surface area contributed by atoms with Gasteiger partial charge in [-0.1, -0.05) is 6.07 Å². The number of hydrogen-bond acceptors (Lipinski definition) is 4. The van der Waals surface area contributed by atoms with Crippen molar-refractivity contribution < 1.29 is 19.1 Å². The highest BCUT2D eigenvalue weighted by atomic mass is 16.5. The third kappa shape index (κ3) is 3.57. The van der Waals surface area contributed by atoms with Crippen molar-refractivity contribution in [2.24, 2.45) is 0 Å². The first kappa shape index (κ1) is 16.8. The molecular weight excluding hydrogens is 320 g/mol. The first-order chi connectivity index (χ1) is 12.0. The minimum Gasteiger partial charge on any atom is -0.491 e. The van der Waals surface area contributed by atoms with Gasteiger partial charge in [-0.3, -0.25) is 9.59 Å². The molecule has 0 bridgehead atoms. The van der Waals surface area contributed by atoms with Gasteiger partial charge >= 0.3 is 0 Å². The van der Waals surface area contributed by atoms with Crippen LogP contribution in [0.2, 0.25) is 0 Å². The van der Waals surface area contributed by atoms with Crippen molar-refractivity contribution >= 4 is 23.2 Å². The number of carbonyl (C=O) groups excluding carboxylic acids is 2. The lowest BCUT2D eigenvalue weighted by Gasteiger charge is -2.27. The number of carbonyl (C=O) groups is 2. The molecule has 0 atom stereocenters. The number of anilines is 2. The Labute approximate surface area is 146 Å². The molecule has 2 aromatic rings.